The number of nitrogen functional groups attached to an aromatic ring is 1. The maximum absolute atomic E-state index is 13.4. The number of anilines is 1. The van der Waals surface area contributed by atoms with Crippen molar-refractivity contribution in [2.24, 2.45) is 0 Å². The van der Waals surface area contributed by atoms with Crippen molar-refractivity contribution in [2.75, 3.05) is 5.73 Å². The van der Waals surface area contributed by atoms with Crippen molar-refractivity contribution < 1.29 is 13.5 Å². The van der Waals surface area contributed by atoms with Gasteiger partial charge in [0.1, 0.15) is 24.0 Å². The van der Waals surface area contributed by atoms with E-state index in [4.69, 9.17) is 10.5 Å². The second-order valence-electron chi connectivity index (χ2n) is 3.74. The molecule has 0 saturated heterocycles. The average molecular weight is 314 g/mol. The lowest BCUT2D eigenvalue weighted by Crippen LogP contribution is -1.99. The van der Waals surface area contributed by atoms with Gasteiger partial charge in [-0.05, 0) is 24.3 Å². The highest BCUT2D eigenvalue weighted by Gasteiger charge is 2.05. The predicted molar refractivity (Wildman–Crippen MR) is 69.2 cm³/mol. The van der Waals surface area contributed by atoms with Crippen molar-refractivity contribution >= 4 is 21.6 Å². The second kappa shape index (κ2) is 5.35. The van der Waals surface area contributed by atoms with Crippen molar-refractivity contribution in [3.8, 4) is 5.75 Å². The Balaban J connectivity index is 2.11. The molecule has 0 aliphatic heterocycles. The zero-order chi connectivity index (χ0) is 13.1. The van der Waals surface area contributed by atoms with Gasteiger partial charge in [-0.25, -0.2) is 8.78 Å². The van der Waals surface area contributed by atoms with Crippen molar-refractivity contribution in [2.45, 2.75) is 6.61 Å². The van der Waals surface area contributed by atoms with Crippen LogP contribution in [0.2, 0.25) is 0 Å². The molecule has 0 heterocycles. The monoisotopic (exact) mass is 313 g/mol. The average Bonchev–Trinajstić information content (AvgIpc) is 2.26. The van der Waals surface area contributed by atoms with Crippen LogP contribution in [0.5, 0.6) is 5.75 Å². The molecule has 0 aliphatic rings. The first-order valence-corrected chi connectivity index (χ1v) is 5.97. The van der Waals surface area contributed by atoms with Crippen molar-refractivity contribution in [3.05, 3.63) is 58.1 Å². The summed E-state index contributed by atoms with van der Waals surface area (Å²) in [4.78, 5) is 0. The minimum atomic E-state index is -0.627. The van der Waals surface area contributed by atoms with Gasteiger partial charge in [0.05, 0.1) is 0 Å². The Morgan fingerprint density at radius 1 is 1.11 bits per heavy atom. The van der Waals surface area contributed by atoms with E-state index in [1.54, 1.807) is 18.2 Å². The minimum absolute atomic E-state index is 0.0159. The number of rotatable bonds is 3. The zero-order valence-electron chi connectivity index (χ0n) is 9.29. The van der Waals surface area contributed by atoms with Crippen molar-refractivity contribution in [3.63, 3.8) is 0 Å². The Morgan fingerprint density at radius 2 is 1.89 bits per heavy atom. The van der Waals surface area contributed by atoms with E-state index in [0.717, 1.165) is 10.5 Å². The first-order valence-electron chi connectivity index (χ1n) is 5.17. The molecule has 2 nitrogen and oxygen atoms in total. The van der Waals surface area contributed by atoms with E-state index >= 15 is 0 Å². The highest BCUT2D eigenvalue weighted by molar-refractivity contribution is 9.10. The van der Waals surface area contributed by atoms with E-state index < -0.39 is 11.6 Å². The van der Waals surface area contributed by atoms with Gasteiger partial charge >= 0.3 is 0 Å². The molecule has 0 aromatic heterocycles. The Kier molecular flexibility index (Phi) is 3.81. The summed E-state index contributed by atoms with van der Waals surface area (Å²) in [6, 6.07) is 8.45. The fourth-order valence-corrected chi connectivity index (χ4v) is 1.96. The number of hydrogen-bond donors (Lipinski definition) is 1. The summed E-state index contributed by atoms with van der Waals surface area (Å²) in [6.07, 6.45) is 0. The lowest BCUT2D eigenvalue weighted by Gasteiger charge is -2.08. The normalized spacial score (nSPS) is 10.4. The van der Waals surface area contributed by atoms with Crippen LogP contribution in [0.25, 0.3) is 0 Å². The van der Waals surface area contributed by atoms with Crippen LogP contribution in [0.1, 0.15) is 5.56 Å². The molecule has 2 N–H and O–H groups in total. The molecule has 18 heavy (non-hydrogen) atoms. The van der Waals surface area contributed by atoms with Crippen molar-refractivity contribution in [1.82, 2.24) is 0 Å². The zero-order valence-corrected chi connectivity index (χ0v) is 10.9. The minimum Gasteiger partial charge on any atom is -0.489 e. The molecule has 0 bridgehead atoms. The Morgan fingerprint density at radius 3 is 2.56 bits per heavy atom. The molecule has 2 aromatic carbocycles. The lowest BCUT2D eigenvalue weighted by molar-refractivity contribution is 0.299. The summed E-state index contributed by atoms with van der Waals surface area (Å²) in [5, 5.41) is 0. The van der Waals surface area contributed by atoms with Crippen LogP contribution in [0, 0.1) is 11.6 Å². The molecule has 0 amide bonds. The molecule has 0 unspecified atom stereocenters. The summed E-state index contributed by atoms with van der Waals surface area (Å²) in [5.74, 6) is -0.716. The van der Waals surface area contributed by atoms with Crippen LogP contribution in [-0.4, -0.2) is 0 Å². The van der Waals surface area contributed by atoms with Gasteiger partial charge in [0.2, 0.25) is 0 Å². The van der Waals surface area contributed by atoms with Crippen molar-refractivity contribution in [1.29, 1.82) is 0 Å². The largest absolute Gasteiger partial charge is 0.489 e. The van der Waals surface area contributed by atoms with Gasteiger partial charge in [0.25, 0.3) is 0 Å². The lowest BCUT2D eigenvalue weighted by atomic mass is 10.2. The summed E-state index contributed by atoms with van der Waals surface area (Å²) < 4.78 is 32.2. The number of halogens is 3. The first kappa shape index (κ1) is 12.8. The summed E-state index contributed by atoms with van der Waals surface area (Å²) >= 11 is 3.28. The quantitative estimate of drug-likeness (QED) is 0.873. The Hall–Kier alpha value is -1.62. The molecule has 5 heteroatoms. The molecule has 0 fully saturated rings. The number of ether oxygens (including phenoxy) is 1. The fraction of sp³-hybridized carbons (Fsp3) is 0.0769. The molecule has 0 aliphatic carbocycles. The molecule has 2 aromatic rings. The van der Waals surface area contributed by atoms with Crippen LogP contribution in [-0.2, 0) is 6.61 Å². The smallest absolute Gasteiger partial charge is 0.132 e. The topological polar surface area (TPSA) is 35.2 Å². The van der Waals surface area contributed by atoms with Crippen LogP contribution < -0.4 is 10.5 Å². The predicted octanol–water partition coefficient (Wildman–Crippen LogP) is 3.89. The standard InChI is InChI=1S/C13H10BrF2NO/c14-9-3-11(17)6-12(4-9)18-7-8-1-2-10(15)5-13(8)16/h1-6H,7,17H2. The third-order valence-corrected chi connectivity index (χ3v) is 2.76. The van der Waals surface area contributed by atoms with Gasteiger partial charge in [0.15, 0.2) is 0 Å². The molecule has 0 radical (unpaired) electrons. The van der Waals surface area contributed by atoms with E-state index in [1.807, 2.05) is 0 Å². The maximum Gasteiger partial charge on any atom is 0.132 e. The summed E-state index contributed by atoms with van der Waals surface area (Å²) in [7, 11) is 0. The molecule has 0 saturated carbocycles. The van der Waals surface area contributed by atoms with Gasteiger partial charge in [-0.1, -0.05) is 15.9 Å². The number of nitrogens with two attached hydrogens (primary N) is 1. The van der Waals surface area contributed by atoms with Crippen LogP contribution in [0.4, 0.5) is 14.5 Å². The van der Waals surface area contributed by atoms with E-state index in [-0.39, 0.29) is 12.2 Å². The van der Waals surface area contributed by atoms with Gasteiger partial charge in [0, 0.05) is 27.9 Å². The highest BCUT2D eigenvalue weighted by Crippen LogP contribution is 2.24. The third-order valence-electron chi connectivity index (χ3n) is 2.30. The molecule has 94 valence electrons. The molecular formula is C13H10BrF2NO. The third kappa shape index (κ3) is 3.20. The Labute approximate surface area is 112 Å². The maximum atomic E-state index is 13.4. The van der Waals surface area contributed by atoms with Crippen LogP contribution >= 0.6 is 15.9 Å². The van der Waals surface area contributed by atoms with Gasteiger partial charge < -0.3 is 10.5 Å². The molecule has 0 spiro atoms. The van der Waals surface area contributed by atoms with E-state index in [1.165, 1.54) is 12.1 Å². The van der Waals surface area contributed by atoms with Gasteiger partial charge in [-0.3, -0.25) is 0 Å². The summed E-state index contributed by atoms with van der Waals surface area (Å²) in [5.41, 5.74) is 6.47. The molecular weight excluding hydrogens is 304 g/mol. The van der Waals surface area contributed by atoms with Crippen LogP contribution in [0.15, 0.2) is 40.9 Å². The first-order chi connectivity index (χ1) is 8.54. The van der Waals surface area contributed by atoms with E-state index in [9.17, 15) is 8.78 Å². The molecule has 2 rings (SSSR count). The fourth-order valence-electron chi connectivity index (χ4n) is 1.47. The SMILES string of the molecule is Nc1cc(Br)cc(OCc2ccc(F)cc2F)c1. The highest BCUT2D eigenvalue weighted by atomic mass is 79.9. The number of benzene rings is 2. The van der Waals surface area contributed by atoms with Crippen LogP contribution in [0.3, 0.4) is 0 Å². The van der Waals surface area contributed by atoms with Gasteiger partial charge in [-0.15, -0.1) is 0 Å². The second-order valence-corrected chi connectivity index (χ2v) is 4.66. The summed E-state index contributed by atoms with van der Waals surface area (Å²) in [6.45, 7) is 0.0159. The molecule has 0 atom stereocenters. The van der Waals surface area contributed by atoms with E-state index in [0.29, 0.717) is 11.4 Å². The van der Waals surface area contributed by atoms with Gasteiger partial charge in [-0.2, -0.15) is 0 Å². The number of hydrogen-bond acceptors (Lipinski definition) is 2. The Bertz CT molecular complexity index is 555. The van der Waals surface area contributed by atoms with E-state index in [2.05, 4.69) is 15.9 Å².